The molecule has 0 saturated heterocycles. The number of aromatic hydroxyl groups is 1. The molecule has 3 heteroatoms. The molecule has 0 saturated carbocycles. The Balaban J connectivity index is 3.38. The number of phenolic OH excluding ortho intramolecular Hbond substituents is 1. The van der Waals surface area contributed by atoms with Gasteiger partial charge in [0.25, 0.3) is 6.43 Å². The highest BCUT2D eigenvalue weighted by molar-refractivity contribution is 5.44. The van der Waals surface area contributed by atoms with Crippen LogP contribution < -0.4 is 0 Å². The Morgan fingerprint density at radius 3 is 2.14 bits per heavy atom. The van der Waals surface area contributed by atoms with Crippen LogP contribution in [-0.2, 0) is 5.41 Å². The van der Waals surface area contributed by atoms with E-state index < -0.39 is 11.8 Å². The monoisotopic (exact) mass is 200 g/mol. The maximum absolute atomic E-state index is 12.6. The molecule has 0 heterocycles. The van der Waals surface area contributed by atoms with E-state index in [4.69, 9.17) is 0 Å². The lowest BCUT2D eigenvalue weighted by Gasteiger charge is -2.23. The van der Waals surface area contributed by atoms with Crippen molar-refractivity contribution in [3.63, 3.8) is 0 Å². The lowest BCUT2D eigenvalue weighted by atomic mass is 9.83. The number of alkyl halides is 2. The fourth-order valence-electron chi connectivity index (χ4n) is 1.56. The second kappa shape index (κ2) is 3.56. The second-order valence-corrected chi connectivity index (χ2v) is 4.29. The Morgan fingerprint density at radius 2 is 1.79 bits per heavy atom. The maximum atomic E-state index is 12.6. The van der Waals surface area contributed by atoms with Gasteiger partial charge in [-0.15, -0.1) is 0 Å². The quantitative estimate of drug-likeness (QED) is 0.734. The number of rotatable bonds is 1. The Labute approximate surface area is 82.4 Å². The summed E-state index contributed by atoms with van der Waals surface area (Å²) >= 11 is 0. The zero-order valence-corrected chi connectivity index (χ0v) is 8.51. The van der Waals surface area contributed by atoms with Crippen molar-refractivity contribution in [2.24, 2.45) is 0 Å². The Morgan fingerprint density at radius 1 is 1.21 bits per heavy atom. The van der Waals surface area contributed by atoms with Crippen LogP contribution in [0.2, 0.25) is 0 Å². The summed E-state index contributed by atoms with van der Waals surface area (Å²) < 4.78 is 25.3. The highest BCUT2D eigenvalue weighted by atomic mass is 19.3. The van der Waals surface area contributed by atoms with Crippen molar-refractivity contribution in [2.45, 2.75) is 32.6 Å². The van der Waals surface area contributed by atoms with Gasteiger partial charge in [0.2, 0.25) is 0 Å². The van der Waals surface area contributed by atoms with Gasteiger partial charge in [0.15, 0.2) is 0 Å². The first-order valence-electron chi connectivity index (χ1n) is 4.44. The summed E-state index contributed by atoms with van der Waals surface area (Å²) in [6.45, 7) is 5.40. The van der Waals surface area contributed by atoms with Gasteiger partial charge in [0.05, 0.1) is 0 Å². The molecule has 0 aromatic heterocycles. The lowest BCUT2D eigenvalue weighted by Crippen LogP contribution is -2.14. The second-order valence-electron chi connectivity index (χ2n) is 4.29. The molecule has 0 aliphatic rings. The van der Waals surface area contributed by atoms with Gasteiger partial charge in [-0.1, -0.05) is 32.9 Å². The van der Waals surface area contributed by atoms with Gasteiger partial charge < -0.3 is 5.11 Å². The van der Waals surface area contributed by atoms with Crippen molar-refractivity contribution in [1.29, 1.82) is 0 Å². The van der Waals surface area contributed by atoms with Gasteiger partial charge in [0.1, 0.15) is 5.75 Å². The summed E-state index contributed by atoms with van der Waals surface area (Å²) in [5, 5.41) is 9.54. The van der Waals surface area contributed by atoms with E-state index in [1.165, 1.54) is 18.2 Å². The maximum Gasteiger partial charge on any atom is 0.264 e. The topological polar surface area (TPSA) is 20.2 Å². The molecular formula is C11H14F2O. The van der Waals surface area contributed by atoms with E-state index in [1.807, 2.05) is 0 Å². The Hall–Kier alpha value is -1.12. The van der Waals surface area contributed by atoms with E-state index in [0.29, 0.717) is 5.56 Å². The minimum atomic E-state index is -2.55. The molecule has 0 bridgehead atoms. The normalized spacial score (nSPS) is 12.1. The summed E-state index contributed by atoms with van der Waals surface area (Å²) in [6.07, 6.45) is -2.55. The minimum absolute atomic E-state index is 0.0599. The van der Waals surface area contributed by atoms with Gasteiger partial charge in [-0.2, -0.15) is 0 Å². The average molecular weight is 200 g/mol. The van der Waals surface area contributed by atoms with E-state index in [-0.39, 0.29) is 11.3 Å². The van der Waals surface area contributed by atoms with Crippen LogP contribution in [0.4, 0.5) is 8.78 Å². The van der Waals surface area contributed by atoms with Gasteiger partial charge >= 0.3 is 0 Å². The molecule has 0 fully saturated rings. The van der Waals surface area contributed by atoms with E-state index >= 15 is 0 Å². The molecule has 1 aromatic rings. The zero-order valence-electron chi connectivity index (χ0n) is 8.51. The fraction of sp³-hybridized carbons (Fsp3) is 0.455. The summed E-state index contributed by atoms with van der Waals surface area (Å²) in [4.78, 5) is 0. The highest BCUT2D eigenvalue weighted by Crippen LogP contribution is 2.37. The molecule has 1 N–H and O–H groups in total. The summed E-state index contributed by atoms with van der Waals surface area (Å²) in [7, 11) is 0. The molecule has 0 aliphatic carbocycles. The van der Waals surface area contributed by atoms with Crippen LogP contribution in [0.15, 0.2) is 18.2 Å². The van der Waals surface area contributed by atoms with Gasteiger partial charge in [-0.05, 0) is 11.5 Å². The molecule has 14 heavy (non-hydrogen) atoms. The minimum Gasteiger partial charge on any atom is -0.508 e. The van der Waals surface area contributed by atoms with Crippen molar-refractivity contribution < 1.29 is 13.9 Å². The van der Waals surface area contributed by atoms with Crippen LogP contribution in [-0.4, -0.2) is 5.11 Å². The molecular weight excluding hydrogens is 186 g/mol. The van der Waals surface area contributed by atoms with Crippen molar-refractivity contribution in [1.82, 2.24) is 0 Å². The Bertz CT molecular complexity index is 327. The smallest absolute Gasteiger partial charge is 0.264 e. The number of halogens is 2. The van der Waals surface area contributed by atoms with Crippen LogP contribution in [0, 0.1) is 0 Å². The molecule has 1 nitrogen and oxygen atoms in total. The van der Waals surface area contributed by atoms with Crippen LogP contribution in [0.5, 0.6) is 5.75 Å². The number of hydrogen-bond donors (Lipinski definition) is 1. The van der Waals surface area contributed by atoms with Crippen molar-refractivity contribution in [2.75, 3.05) is 0 Å². The molecule has 0 spiro atoms. The van der Waals surface area contributed by atoms with E-state index in [9.17, 15) is 13.9 Å². The van der Waals surface area contributed by atoms with E-state index in [0.717, 1.165) is 0 Å². The molecule has 78 valence electrons. The van der Waals surface area contributed by atoms with Crippen LogP contribution >= 0.6 is 0 Å². The summed E-state index contributed by atoms with van der Waals surface area (Å²) in [6, 6.07) is 4.23. The first kappa shape index (κ1) is 11.0. The fourth-order valence-corrected chi connectivity index (χ4v) is 1.56. The van der Waals surface area contributed by atoms with Crippen molar-refractivity contribution in [3.05, 3.63) is 29.3 Å². The van der Waals surface area contributed by atoms with Gasteiger partial charge in [-0.3, -0.25) is 0 Å². The largest absolute Gasteiger partial charge is 0.508 e. The van der Waals surface area contributed by atoms with Crippen molar-refractivity contribution >= 4 is 0 Å². The molecule has 0 unspecified atom stereocenters. The lowest BCUT2D eigenvalue weighted by molar-refractivity contribution is 0.148. The molecule has 0 atom stereocenters. The number of hydrogen-bond acceptors (Lipinski definition) is 1. The molecule has 0 aliphatic heterocycles. The first-order valence-corrected chi connectivity index (χ1v) is 4.44. The third-order valence-electron chi connectivity index (χ3n) is 2.06. The van der Waals surface area contributed by atoms with Crippen LogP contribution in [0.3, 0.4) is 0 Å². The SMILES string of the molecule is CC(C)(C)c1c(O)cccc1C(F)F. The van der Waals surface area contributed by atoms with Crippen LogP contribution in [0.1, 0.15) is 38.3 Å². The molecule has 1 aromatic carbocycles. The van der Waals surface area contributed by atoms with Crippen LogP contribution in [0.25, 0.3) is 0 Å². The zero-order chi connectivity index (χ0) is 10.9. The molecule has 0 radical (unpaired) electrons. The predicted molar refractivity (Wildman–Crippen MR) is 51.8 cm³/mol. The van der Waals surface area contributed by atoms with E-state index in [1.54, 1.807) is 20.8 Å². The third-order valence-corrected chi connectivity index (χ3v) is 2.06. The molecule has 1 rings (SSSR count). The van der Waals surface area contributed by atoms with Gasteiger partial charge in [0, 0.05) is 11.1 Å². The van der Waals surface area contributed by atoms with Crippen molar-refractivity contribution in [3.8, 4) is 5.75 Å². The highest BCUT2D eigenvalue weighted by Gasteiger charge is 2.25. The predicted octanol–water partition coefficient (Wildman–Crippen LogP) is 3.63. The third kappa shape index (κ3) is 2.03. The number of benzene rings is 1. The average Bonchev–Trinajstić information content (AvgIpc) is 2.01. The molecule has 0 amide bonds. The standard InChI is InChI=1S/C11H14F2O/c1-11(2,3)9-7(10(12)13)5-4-6-8(9)14/h4-6,10,14H,1-3H3. The summed E-state index contributed by atoms with van der Waals surface area (Å²) in [5.41, 5.74) is -0.232. The first-order chi connectivity index (χ1) is 6.34. The Kier molecular flexibility index (Phi) is 2.79. The van der Waals surface area contributed by atoms with Gasteiger partial charge in [-0.25, -0.2) is 8.78 Å². The summed E-state index contributed by atoms with van der Waals surface area (Å²) in [5.74, 6) is -0.0599. The number of phenols is 1. The van der Waals surface area contributed by atoms with E-state index in [2.05, 4.69) is 0 Å².